The summed E-state index contributed by atoms with van der Waals surface area (Å²) in [6.07, 6.45) is 0.563. The van der Waals surface area contributed by atoms with E-state index in [0.29, 0.717) is 12.6 Å². The van der Waals surface area contributed by atoms with E-state index in [1.165, 1.54) is 0 Å². The fourth-order valence-electron chi connectivity index (χ4n) is 2.32. The molecule has 0 radical (unpaired) electrons. The third-order valence-corrected chi connectivity index (χ3v) is 3.40. The minimum absolute atomic E-state index is 0.249. The maximum atomic E-state index is 9.81. The molecule has 1 fully saturated rings. The number of hydrogen-bond donors (Lipinski definition) is 1. The second kappa shape index (κ2) is 5.33. The zero-order valence-corrected chi connectivity index (χ0v) is 11.8. The minimum atomic E-state index is -0.249. The third-order valence-electron chi connectivity index (χ3n) is 2.96. The Morgan fingerprint density at radius 1 is 1.53 bits per heavy atom. The molecule has 0 saturated carbocycles. The SMILES string of the molecule is CN(C)CC1CC(O)CN1c1cccc(Br)n1. The lowest BCUT2D eigenvalue weighted by atomic mass is 10.2. The number of β-amino-alcohol motifs (C(OH)–C–C–N with tert-alkyl or cyclic N) is 1. The van der Waals surface area contributed by atoms with Crippen LogP contribution in [-0.4, -0.2) is 54.3 Å². The van der Waals surface area contributed by atoms with Crippen LogP contribution in [0.4, 0.5) is 5.82 Å². The van der Waals surface area contributed by atoms with E-state index >= 15 is 0 Å². The number of hydrogen-bond acceptors (Lipinski definition) is 4. The molecule has 4 nitrogen and oxygen atoms in total. The molecule has 2 rings (SSSR count). The summed E-state index contributed by atoms with van der Waals surface area (Å²) >= 11 is 3.38. The summed E-state index contributed by atoms with van der Waals surface area (Å²) in [6, 6.07) is 6.22. The lowest BCUT2D eigenvalue weighted by Crippen LogP contribution is -2.38. The van der Waals surface area contributed by atoms with Crippen molar-refractivity contribution in [1.29, 1.82) is 0 Å². The van der Waals surface area contributed by atoms with Gasteiger partial charge in [0.25, 0.3) is 0 Å². The molecule has 0 aliphatic carbocycles. The smallest absolute Gasteiger partial charge is 0.130 e. The fourth-order valence-corrected chi connectivity index (χ4v) is 2.66. The van der Waals surface area contributed by atoms with Crippen molar-refractivity contribution in [2.75, 3.05) is 32.1 Å². The Kier molecular flexibility index (Phi) is 4.01. The van der Waals surface area contributed by atoms with Crippen molar-refractivity contribution >= 4 is 21.7 Å². The van der Waals surface area contributed by atoms with Gasteiger partial charge in [-0.1, -0.05) is 6.07 Å². The molecule has 1 aromatic heterocycles. The third kappa shape index (κ3) is 3.18. The molecule has 17 heavy (non-hydrogen) atoms. The van der Waals surface area contributed by atoms with Crippen LogP contribution >= 0.6 is 15.9 Å². The van der Waals surface area contributed by atoms with Gasteiger partial charge in [0.15, 0.2) is 0 Å². The van der Waals surface area contributed by atoms with Gasteiger partial charge in [0.1, 0.15) is 10.4 Å². The van der Waals surface area contributed by atoms with E-state index in [4.69, 9.17) is 0 Å². The van der Waals surface area contributed by atoms with Crippen molar-refractivity contribution in [1.82, 2.24) is 9.88 Å². The van der Waals surface area contributed by atoms with Crippen LogP contribution in [0.25, 0.3) is 0 Å². The predicted molar refractivity (Wildman–Crippen MR) is 72.2 cm³/mol. The number of anilines is 1. The van der Waals surface area contributed by atoms with Crippen molar-refractivity contribution in [2.45, 2.75) is 18.6 Å². The van der Waals surface area contributed by atoms with Gasteiger partial charge in [-0.2, -0.15) is 0 Å². The van der Waals surface area contributed by atoms with Crippen LogP contribution in [0.2, 0.25) is 0 Å². The first kappa shape index (κ1) is 12.8. The zero-order valence-electron chi connectivity index (χ0n) is 10.2. The summed E-state index contributed by atoms with van der Waals surface area (Å²) in [7, 11) is 4.11. The van der Waals surface area contributed by atoms with Crippen molar-refractivity contribution in [2.24, 2.45) is 0 Å². The molecule has 94 valence electrons. The van der Waals surface area contributed by atoms with Crippen LogP contribution < -0.4 is 4.90 Å². The molecule has 0 bridgehead atoms. The molecule has 2 atom stereocenters. The van der Waals surface area contributed by atoms with E-state index in [2.05, 4.69) is 44.8 Å². The van der Waals surface area contributed by atoms with Gasteiger partial charge >= 0.3 is 0 Å². The molecule has 1 aliphatic rings. The first-order chi connectivity index (χ1) is 8.06. The second-order valence-corrected chi connectivity index (χ2v) is 5.59. The van der Waals surface area contributed by atoms with E-state index in [9.17, 15) is 5.11 Å². The molecule has 1 N–H and O–H groups in total. The van der Waals surface area contributed by atoms with Gasteiger partial charge in [-0.15, -0.1) is 0 Å². The van der Waals surface area contributed by atoms with Gasteiger partial charge < -0.3 is 14.9 Å². The van der Waals surface area contributed by atoms with Gasteiger partial charge in [-0.25, -0.2) is 4.98 Å². The summed E-state index contributed by atoms with van der Waals surface area (Å²) in [6.45, 7) is 1.60. The molecule has 0 spiro atoms. The van der Waals surface area contributed by atoms with Gasteiger partial charge in [-0.3, -0.25) is 0 Å². The number of aromatic nitrogens is 1. The van der Waals surface area contributed by atoms with Crippen molar-refractivity contribution in [3.05, 3.63) is 22.8 Å². The molecule has 2 unspecified atom stereocenters. The monoisotopic (exact) mass is 299 g/mol. The molecule has 0 amide bonds. The quantitative estimate of drug-likeness (QED) is 0.855. The lowest BCUT2D eigenvalue weighted by Gasteiger charge is -2.27. The summed E-state index contributed by atoms with van der Waals surface area (Å²) in [5.41, 5.74) is 0. The fraction of sp³-hybridized carbons (Fsp3) is 0.583. The lowest BCUT2D eigenvalue weighted by molar-refractivity contribution is 0.191. The predicted octanol–water partition coefficient (Wildman–Crippen LogP) is 1.35. The van der Waals surface area contributed by atoms with Crippen LogP contribution in [0.3, 0.4) is 0 Å². The Balaban J connectivity index is 2.17. The number of likely N-dealkylation sites (N-methyl/N-ethyl adjacent to an activating group) is 1. The van der Waals surface area contributed by atoms with E-state index in [1.807, 2.05) is 18.2 Å². The van der Waals surface area contributed by atoms with E-state index in [1.54, 1.807) is 0 Å². The van der Waals surface area contributed by atoms with Crippen molar-refractivity contribution < 1.29 is 5.11 Å². The normalized spacial score (nSPS) is 24.6. The van der Waals surface area contributed by atoms with Crippen LogP contribution in [0.5, 0.6) is 0 Å². The second-order valence-electron chi connectivity index (χ2n) is 4.78. The maximum absolute atomic E-state index is 9.81. The van der Waals surface area contributed by atoms with Crippen molar-refractivity contribution in [3.63, 3.8) is 0 Å². The molecule has 1 saturated heterocycles. The molecule has 0 aromatic carbocycles. The summed E-state index contributed by atoms with van der Waals surface area (Å²) in [5.74, 6) is 0.933. The van der Waals surface area contributed by atoms with Crippen LogP contribution in [0.15, 0.2) is 22.8 Å². The van der Waals surface area contributed by atoms with Crippen LogP contribution in [0.1, 0.15) is 6.42 Å². The van der Waals surface area contributed by atoms with Gasteiger partial charge in [0.05, 0.1) is 6.10 Å². The highest BCUT2D eigenvalue weighted by molar-refractivity contribution is 9.10. The first-order valence-corrected chi connectivity index (χ1v) is 6.57. The molecular weight excluding hydrogens is 282 g/mol. The van der Waals surface area contributed by atoms with Gasteiger partial charge in [0, 0.05) is 19.1 Å². The molecule has 5 heteroatoms. The maximum Gasteiger partial charge on any atom is 0.130 e. The highest BCUT2D eigenvalue weighted by Gasteiger charge is 2.31. The van der Waals surface area contributed by atoms with Crippen LogP contribution in [-0.2, 0) is 0 Å². The largest absolute Gasteiger partial charge is 0.391 e. The Bertz CT molecular complexity index is 386. The number of halogens is 1. The van der Waals surface area contributed by atoms with Gasteiger partial charge in [-0.05, 0) is 48.6 Å². The average Bonchev–Trinajstić information content (AvgIpc) is 2.58. The molecular formula is C12H18BrN3O. The Morgan fingerprint density at radius 3 is 2.94 bits per heavy atom. The summed E-state index contributed by atoms with van der Waals surface area (Å²) in [4.78, 5) is 8.80. The number of aliphatic hydroxyl groups is 1. The summed E-state index contributed by atoms with van der Waals surface area (Å²) < 4.78 is 0.833. The van der Waals surface area contributed by atoms with Crippen LogP contribution in [0, 0.1) is 0 Å². The number of rotatable bonds is 3. The standard InChI is InChI=1S/C12H18BrN3O/c1-15(2)7-9-6-10(17)8-16(9)12-5-3-4-11(13)14-12/h3-5,9-10,17H,6-8H2,1-2H3. The zero-order chi connectivity index (χ0) is 12.4. The van der Waals surface area contributed by atoms with Crippen molar-refractivity contribution in [3.8, 4) is 0 Å². The topological polar surface area (TPSA) is 39.6 Å². The Labute approximate surface area is 110 Å². The van der Waals surface area contributed by atoms with E-state index in [0.717, 1.165) is 23.4 Å². The molecule has 1 aliphatic heterocycles. The Hall–Kier alpha value is -0.650. The minimum Gasteiger partial charge on any atom is -0.391 e. The first-order valence-electron chi connectivity index (χ1n) is 5.78. The van der Waals surface area contributed by atoms with Gasteiger partial charge in [0.2, 0.25) is 0 Å². The summed E-state index contributed by atoms with van der Waals surface area (Å²) in [5, 5.41) is 9.81. The number of nitrogens with zero attached hydrogens (tertiary/aromatic N) is 3. The number of aliphatic hydroxyl groups excluding tert-OH is 1. The average molecular weight is 300 g/mol. The highest BCUT2D eigenvalue weighted by Crippen LogP contribution is 2.25. The number of pyridine rings is 1. The highest BCUT2D eigenvalue weighted by atomic mass is 79.9. The molecule has 2 heterocycles. The van der Waals surface area contributed by atoms with E-state index in [-0.39, 0.29) is 6.10 Å². The van der Waals surface area contributed by atoms with E-state index < -0.39 is 0 Å². The Morgan fingerprint density at radius 2 is 2.29 bits per heavy atom. The molecule has 1 aromatic rings.